The normalized spacial score (nSPS) is 12.9. The van der Waals surface area contributed by atoms with Crippen LogP contribution in [0.3, 0.4) is 0 Å². The number of halogens is 1. The van der Waals surface area contributed by atoms with E-state index in [0.29, 0.717) is 6.42 Å². The number of hydrogen-bond acceptors (Lipinski definition) is 4. The smallest absolute Gasteiger partial charge is 0.0897 e. The van der Waals surface area contributed by atoms with Crippen LogP contribution in [0.25, 0.3) is 0 Å². The molecule has 0 aromatic carbocycles. The Morgan fingerprint density at radius 3 is 2.67 bits per heavy atom. The SMILES string of the molecule is Cc1nc(CC(N)Cc2c(Cl)c(C)nn2C)cs1. The summed E-state index contributed by atoms with van der Waals surface area (Å²) < 4.78 is 1.81. The van der Waals surface area contributed by atoms with Crippen LogP contribution < -0.4 is 5.73 Å². The summed E-state index contributed by atoms with van der Waals surface area (Å²) in [7, 11) is 1.90. The van der Waals surface area contributed by atoms with Crippen molar-refractivity contribution in [2.75, 3.05) is 0 Å². The molecule has 0 saturated carbocycles. The number of aromatic nitrogens is 3. The second-order valence-electron chi connectivity index (χ2n) is 4.50. The second-order valence-corrected chi connectivity index (χ2v) is 5.94. The van der Waals surface area contributed by atoms with Crippen molar-refractivity contribution in [3.63, 3.8) is 0 Å². The lowest BCUT2D eigenvalue weighted by atomic mass is 10.1. The van der Waals surface area contributed by atoms with E-state index in [1.807, 2.05) is 25.6 Å². The van der Waals surface area contributed by atoms with Gasteiger partial charge in [-0.2, -0.15) is 5.10 Å². The lowest BCUT2D eigenvalue weighted by molar-refractivity contribution is 0.607. The highest BCUT2D eigenvalue weighted by atomic mass is 35.5. The Hall–Kier alpha value is -0.910. The monoisotopic (exact) mass is 284 g/mol. The fraction of sp³-hybridized carbons (Fsp3) is 0.500. The van der Waals surface area contributed by atoms with Crippen molar-refractivity contribution >= 4 is 22.9 Å². The molecule has 98 valence electrons. The van der Waals surface area contributed by atoms with E-state index >= 15 is 0 Å². The van der Waals surface area contributed by atoms with Gasteiger partial charge in [0.2, 0.25) is 0 Å². The van der Waals surface area contributed by atoms with E-state index in [0.717, 1.165) is 33.5 Å². The van der Waals surface area contributed by atoms with Crippen LogP contribution in [0.2, 0.25) is 5.02 Å². The van der Waals surface area contributed by atoms with Gasteiger partial charge in [0.1, 0.15) is 0 Å². The molecule has 1 atom stereocenters. The molecule has 2 aromatic rings. The van der Waals surface area contributed by atoms with Gasteiger partial charge in [-0.15, -0.1) is 11.3 Å². The summed E-state index contributed by atoms with van der Waals surface area (Å²) in [6.07, 6.45) is 1.48. The topological polar surface area (TPSA) is 56.7 Å². The van der Waals surface area contributed by atoms with E-state index in [1.165, 1.54) is 0 Å². The maximum Gasteiger partial charge on any atom is 0.0897 e. The fourth-order valence-corrected chi connectivity index (χ4v) is 2.86. The number of nitrogens with two attached hydrogens (primary N) is 1. The van der Waals surface area contributed by atoms with Crippen LogP contribution in [-0.4, -0.2) is 20.8 Å². The van der Waals surface area contributed by atoms with Gasteiger partial charge in [-0.05, 0) is 13.8 Å². The molecule has 0 fully saturated rings. The third-order valence-corrected chi connectivity index (χ3v) is 4.17. The molecule has 0 aliphatic rings. The zero-order valence-electron chi connectivity index (χ0n) is 10.8. The first-order valence-corrected chi connectivity index (χ1v) is 7.07. The van der Waals surface area contributed by atoms with Gasteiger partial charge in [-0.25, -0.2) is 4.98 Å². The quantitative estimate of drug-likeness (QED) is 0.937. The Bertz CT molecular complexity index is 546. The summed E-state index contributed by atoms with van der Waals surface area (Å²) in [4.78, 5) is 4.43. The van der Waals surface area contributed by atoms with Crippen molar-refractivity contribution < 1.29 is 0 Å². The van der Waals surface area contributed by atoms with Crippen molar-refractivity contribution in [1.29, 1.82) is 0 Å². The van der Waals surface area contributed by atoms with E-state index in [1.54, 1.807) is 11.3 Å². The fourth-order valence-electron chi connectivity index (χ4n) is 1.99. The van der Waals surface area contributed by atoms with E-state index in [9.17, 15) is 0 Å². The molecule has 0 saturated heterocycles. The highest BCUT2D eigenvalue weighted by molar-refractivity contribution is 7.09. The van der Waals surface area contributed by atoms with E-state index < -0.39 is 0 Å². The van der Waals surface area contributed by atoms with Crippen molar-refractivity contribution in [2.45, 2.75) is 32.7 Å². The summed E-state index contributed by atoms with van der Waals surface area (Å²) in [5.74, 6) is 0. The average Bonchev–Trinajstić information content (AvgIpc) is 2.78. The number of rotatable bonds is 4. The van der Waals surface area contributed by atoms with Crippen LogP contribution in [-0.2, 0) is 19.9 Å². The largest absolute Gasteiger partial charge is 0.327 e. The van der Waals surface area contributed by atoms with Gasteiger partial charge in [-0.1, -0.05) is 11.6 Å². The maximum atomic E-state index is 6.21. The number of hydrogen-bond donors (Lipinski definition) is 1. The van der Waals surface area contributed by atoms with E-state index in [-0.39, 0.29) is 6.04 Å². The van der Waals surface area contributed by atoms with Crippen LogP contribution in [0.1, 0.15) is 22.1 Å². The van der Waals surface area contributed by atoms with Crippen LogP contribution in [0.4, 0.5) is 0 Å². The molecule has 0 amide bonds. The molecule has 2 N–H and O–H groups in total. The van der Waals surface area contributed by atoms with Crippen LogP contribution >= 0.6 is 22.9 Å². The van der Waals surface area contributed by atoms with Crippen molar-refractivity contribution in [1.82, 2.24) is 14.8 Å². The van der Waals surface area contributed by atoms with Crippen molar-refractivity contribution in [2.24, 2.45) is 12.8 Å². The third kappa shape index (κ3) is 2.91. The lowest BCUT2D eigenvalue weighted by Gasteiger charge is -2.10. The predicted molar refractivity (Wildman–Crippen MR) is 75.2 cm³/mol. The minimum atomic E-state index is 0.0128. The average molecular weight is 285 g/mol. The lowest BCUT2D eigenvalue weighted by Crippen LogP contribution is -2.27. The molecule has 0 spiro atoms. The van der Waals surface area contributed by atoms with Crippen LogP contribution in [0, 0.1) is 13.8 Å². The zero-order chi connectivity index (χ0) is 13.3. The summed E-state index contributed by atoms with van der Waals surface area (Å²) in [5, 5.41) is 8.15. The number of thiazole rings is 1. The Kier molecular flexibility index (Phi) is 4.04. The molecule has 0 aliphatic heterocycles. The Balaban J connectivity index is 2.05. The molecule has 18 heavy (non-hydrogen) atoms. The molecule has 0 aliphatic carbocycles. The molecular formula is C12H17ClN4S. The summed E-state index contributed by atoms with van der Waals surface area (Å²) in [6.45, 7) is 3.90. The molecule has 4 nitrogen and oxygen atoms in total. The molecule has 2 rings (SSSR count). The zero-order valence-corrected chi connectivity index (χ0v) is 12.3. The Morgan fingerprint density at radius 2 is 2.17 bits per heavy atom. The molecule has 0 radical (unpaired) electrons. The van der Waals surface area contributed by atoms with Crippen LogP contribution in [0.5, 0.6) is 0 Å². The summed E-state index contributed by atoms with van der Waals surface area (Å²) in [5.41, 5.74) is 9.06. The predicted octanol–water partition coefficient (Wildman–Crippen LogP) is 2.26. The Labute approximate surface area is 116 Å². The van der Waals surface area contributed by atoms with Gasteiger partial charge in [-0.3, -0.25) is 4.68 Å². The summed E-state index contributed by atoms with van der Waals surface area (Å²) in [6, 6.07) is 0.0128. The maximum absolute atomic E-state index is 6.21. The molecular weight excluding hydrogens is 268 g/mol. The molecule has 2 aromatic heterocycles. The van der Waals surface area contributed by atoms with Gasteiger partial charge in [0.05, 0.1) is 27.1 Å². The minimum Gasteiger partial charge on any atom is -0.327 e. The van der Waals surface area contributed by atoms with Gasteiger partial charge < -0.3 is 5.73 Å². The van der Waals surface area contributed by atoms with Gasteiger partial charge in [0.25, 0.3) is 0 Å². The van der Waals surface area contributed by atoms with Gasteiger partial charge >= 0.3 is 0 Å². The van der Waals surface area contributed by atoms with E-state index in [4.69, 9.17) is 17.3 Å². The molecule has 1 unspecified atom stereocenters. The van der Waals surface area contributed by atoms with Crippen LogP contribution in [0.15, 0.2) is 5.38 Å². The Morgan fingerprint density at radius 1 is 1.44 bits per heavy atom. The van der Waals surface area contributed by atoms with E-state index in [2.05, 4.69) is 15.5 Å². The second kappa shape index (κ2) is 5.38. The standard InChI is InChI=1S/C12H17ClN4S/c1-7-12(13)11(17(3)16-7)5-9(14)4-10-6-18-8(2)15-10/h6,9H,4-5,14H2,1-3H3. The van der Waals surface area contributed by atoms with Gasteiger partial charge in [0.15, 0.2) is 0 Å². The minimum absolute atomic E-state index is 0.0128. The summed E-state index contributed by atoms with van der Waals surface area (Å²) >= 11 is 7.87. The first kappa shape index (κ1) is 13.5. The highest BCUT2D eigenvalue weighted by Gasteiger charge is 2.15. The molecule has 0 bridgehead atoms. The third-order valence-electron chi connectivity index (χ3n) is 2.86. The van der Waals surface area contributed by atoms with Gasteiger partial charge in [0, 0.05) is 31.3 Å². The van der Waals surface area contributed by atoms with Crippen molar-refractivity contribution in [3.8, 4) is 0 Å². The molecule has 2 heterocycles. The highest BCUT2D eigenvalue weighted by Crippen LogP contribution is 2.21. The molecule has 6 heteroatoms. The first-order valence-electron chi connectivity index (χ1n) is 5.82. The van der Waals surface area contributed by atoms with Crippen molar-refractivity contribution in [3.05, 3.63) is 32.5 Å². The number of aryl methyl sites for hydroxylation is 3. The number of nitrogens with zero attached hydrogens (tertiary/aromatic N) is 3. The first-order chi connectivity index (χ1) is 8.47.